The fourth-order valence-electron chi connectivity index (χ4n) is 2.90. The number of hydrogen-bond donors (Lipinski definition) is 0. The van der Waals surface area contributed by atoms with Crippen LogP contribution in [0.2, 0.25) is 0 Å². The van der Waals surface area contributed by atoms with E-state index in [1.165, 1.54) is 0 Å². The summed E-state index contributed by atoms with van der Waals surface area (Å²) in [5.41, 5.74) is 1.93. The highest BCUT2D eigenvalue weighted by Gasteiger charge is 2.17. The van der Waals surface area contributed by atoms with Crippen LogP contribution in [0.1, 0.15) is 5.56 Å². The van der Waals surface area contributed by atoms with Crippen LogP contribution in [0.25, 0.3) is 11.5 Å². The van der Waals surface area contributed by atoms with Crippen LogP contribution in [0.3, 0.4) is 0 Å². The molecule has 0 radical (unpaired) electrons. The van der Waals surface area contributed by atoms with Gasteiger partial charge in [0.15, 0.2) is 11.5 Å². The van der Waals surface area contributed by atoms with Gasteiger partial charge < -0.3 is 18.6 Å². The van der Waals surface area contributed by atoms with Gasteiger partial charge in [0.1, 0.15) is 5.75 Å². The van der Waals surface area contributed by atoms with Crippen molar-refractivity contribution in [2.75, 3.05) is 21.0 Å². The molecule has 0 aliphatic carbocycles. The number of aromatic nitrogens is 2. The van der Waals surface area contributed by atoms with E-state index in [9.17, 15) is 0 Å². The van der Waals surface area contributed by atoms with Crippen molar-refractivity contribution in [3.63, 3.8) is 0 Å². The van der Waals surface area contributed by atoms with Crippen LogP contribution in [0, 0.1) is 4.84 Å². The van der Waals surface area contributed by atoms with Crippen molar-refractivity contribution in [2.45, 2.75) is 13.2 Å². The molecular formula is C19H19N3O4S. The average Bonchev–Trinajstić information content (AvgIpc) is 3.28. The molecule has 0 bridgehead atoms. The lowest BCUT2D eigenvalue weighted by atomic mass is 10.2. The molecule has 7 nitrogen and oxygen atoms in total. The van der Waals surface area contributed by atoms with Gasteiger partial charge in [-0.15, -0.1) is 5.10 Å². The SMILES string of the molecule is COc1cccc(CN(C)Cn2nc(-c3ccc4c(c3)OCO4)oc2=S)c1. The first-order valence-corrected chi connectivity index (χ1v) is 8.82. The summed E-state index contributed by atoms with van der Waals surface area (Å²) >= 11 is 5.33. The highest BCUT2D eigenvalue weighted by Crippen LogP contribution is 2.35. The van der Waals surface area contributed by atoms with Crippen LogP contribution in [0.15, 0.2) is 46.9 Å². The summed E-state index contributed by atoms with van der Waals surface area (Å²) < 4.78 is 23.3. The van der Waals surface area contributed by atoms with E-state index in [1.807, 2.05) is 43.4 Å². The summed E-state index contributed by atoms with van der Waals surface area (Å²) in [4.78, 5) is 2.41. The lowest BCUT2D eigenvalue weighted by molar-refractivity contribution is 0.174. The topological polar surface area (TPSA) is 61.9 Å². The van der Waals surface area contributed by atoms with E-state index in [4.69, 9.17) is 30.8 Å². The first-order chi connectivity index (χ1) is 13.1. The highest BCUT2D eigenvalue weighted by molar-refractivity contribution is 7.71. The van der Waals surface area contributed by atoms with Gasteiger partial charge in [0.25, 0.3) is 4.84 Å². The molecule has 1 aliphatic heterocycles. The molecule has 2 heterocycles. The molecule has 27 heavy (non-hydrogen) atoms. The van der Waals surface area contributed by atoms with Gasteiger partial charge in [0.2, 0.25) is 12.7 Å². The maximum absolute atomic E-state index is 5.67. The second-order valence-corrected chi connectivity index (χ2v) is 6.60. The zero-order valence-corrected chi connectivity index (χ0v) is 15.9. The van der Waals surface area contributed by atoms with E-state index in [0.29, 0.717) is 23.1 Å². The summed E-state index contributed by atoms with van der Waals surface area (Å²) in [5.74, 6) is 2.69. The number of fused-ring (bicyclic) bond motifs is 1. The number of ether oxygens (including phenoxy) is 3. The average molecular weight is 385 g/mol. The molecule has 0 saturated carbocycles. The Morgan fingerprint density at radius 3 is 2.89 bits per heavy atom. The minimum atomic E-state index is 0.228. The molecule has 0 saturated heterocycles. The number of methoxy groups -OCH3 is 1. The van der Waals surface area contributed by atoms with Gasteiger partial charge in [0, 0.05) is 12.1 Å². The van der Waals surface area contributed by atoms with Gasteiger partial charge in [-0.05, 0) is 55.2 Å². The third-order valence-electron chi connectivity index (χ3n) is 4.19. The Morgan fingerprint density at radius 1 is 1.19 bits per heavy atom. The van der Waals surface area contributed by atoms with Crippen LogP contribution in [0.4, 0.5) is 0 Å². The largest absolute Gasteiger partial charge is 0.497 e. The highest BCUT2D eigenvalue weighted by atomic mass is 32.1. The number of benzene rings is 2. The molecule has 0 spiro atoms. The number of nitrogens with zero attached hydrogens (tertiary/aromatic N) is 3. The van der Waals surface area contributed by atoms with E-state index in [0.717, 1.165) is 29.2 Å². The van der Waals surface area contributed by atoms with Crippen molar-refractivity contribution in [1.82, 2.24) is 14.7 Å². The Bertz CT molecular complexity index is 1010. The van der Waals surface area contributed by atoms with Gasteiger partial charge in [0.05, 0.1) is 13.8 Å². The molecule has 0 atom stereocenters. The normalized spacial score (nSPS) is 12.6. The minimum Gasteiger partial charge on any atom is -0.497 e. The summed E-state index contributed by atoms with van der Waals surface area (Å²) in [6, 6.07) is 13.5. The second kappa shape index (κ2) is 7.42. The van der Waals surface area contributed by atoms with Crippen molar-refractivity contribution in [3.05, 3.63) is 52.9 Å². The maximum Gasteiger partial charge on any atom is 0.288 e. The van der Waals surface area contributed by atoms with Crippen LogP contribution in [-0.2, 0) is 13.2 Å². The van der Waals surface area contributed by atoms with E-state index in [1.54, 1.807) is 11.8 Å². The molecule has 140 valence electrons. The number of rotatable bonds is 6. The monoisotopic (exact) mass is 385 g/mol. The molecule has 8 heteroatoms. The first-order valence-electron chi connectivity index (χ1n) is 8.42. The smallest absolute Gasteiger partial charge is 0.288 e. The molecule has 4 rings (SSSR count). The van der Waals surface area contributed by atoms with Gasteiger partial charge >= 0.3 is 0 Å². The van der Waals surface area contributed by atoms with Crippen molar-refractivity contribution >= 4 is 12.2 Å². The second-order valence-electron chi connectivity index (χ2n) is 6.25. The van der Waals surface area contributed by atoms with E-state index in [2.05, 4.69) is 16.1 Å². The Balaban J connectivity index is 1.49. The Morgan fingerprint density at radius 2 is 2.04 bits per heavy atom. The number of hydrogen-bond acceptors (Lipinski definition) is 7. The predicted molar refractivity (Wildman–Crippen MR) is 101 cm³/mol. The van der Waals surface area contributed by atoms with Gasteiger partial charge in [-0.1, -0.05) is 12.1 Å². The molecule has 3 aromatic rings. The Hall–Kier alpha value is -2.84. The quantitative estimate of drug-likeness (QED) is 0.600. The first kappa shape index (κ1) is 17.6. The fraction of sp³-hybridized carbons (Fsp3) is 0.263. The van der Waals surface area contributed by atoms with Gasteiger partial charge in [-0.25, -0.2) is 4.68 Å². The summed E-state index contributed by atoms with van der Waals surface area (Å²) in [6.45, 7) is 1.46. The van der Waals surface area contributed by atoms with E-state index < -0.39 is 0 Å². The maximum atomic E-state index is 5.67. The molecule has 2 aromatic carbocycles. The minimum absolute atomic E-state index is 0.228. The molecule has 0 N–H and O–H groups in total. The molecule has 0 amide bonds. The molecule has 1 aliphatic rings. The lowest BCUT2D eigenvalue weighted by Crippen LogP contribution is -2.22. The zero-order valence-electron chi connectivity index (χ0n) is 15.0. The fourth-order valence-corrected chi connectivity index (χ4v) is 3.08. The summed E-state index contributed by atoms with van der Waals surface area (Å²) in [7, 11) is 3.66. The predicted octanol–water partition coefficient (Wildman–Crippen LogP) is 3.70. The van der Waals surface area contributed by atoms with Crippen molar-refractivity contribution in [1.29, 1.82) is 0 Å². The lowest BCUT2D eigenvalue weighted by Gasteiger charge is -2.16. The third kappa shape index (κ3) is 3.81. The zero-order chi connectivity index (χ0) is 18.8. The Labute approximate surface area is 161 Å². The Kier molecular flexibility index (Phi) is 4.83. The molecule has 0 unspecified atom stereocenters. The van der Waals surface area contributed by atoms with E-state index >= 15 is 0 Å². The van der Waals surface area contributed by atoms with Gasteiger partial charge in [-0.3, -0.25) is 4.90 Å². The van der Waals surface area contributed by atoms with Crippen LogP contribution in [0.5, 0.6) is 17.2 Å². The van der Waals surface area contributed by atoms with Gasteiger partial charge in [-0.2, -0.15) is 0 Å². The summed E-state index contributed by atoms with van der Waals surface area (Å²) in [6.07, 6.45) is 0. The summed E-state index contributed by atoms with van der Waals surface area (Å²) in [5, 5.41) is 4.50. The van der Waals surface area contributed by atoms with E-state index in [-0.39, 0.29) is 6.79 Å². The van der Waals surface area contributed by atoms with Crippen LogP contribution < -0.4 is 14.2 Å². The standard InChI is InChI=1S/C19H19N3O4S/c1-21(10-13-4-3-5-15(8-13)23-2)11-22-19(27)26-18(20-22)14-6-7-16-17(9-14)25-12-24-16/h3-9H,10-12H2,1-2H3. The molecule has 0 fully saturated rings. The molecular weight excluding hydrogens is 366 g/mol. The van der Waals surface area contributed by atoms with Crippen LogP contribution in [-0.4, -0.2) is 35.6 Å². The van der Waals surface area contributed by atoms with Crippen molar-refractivity contribution in [3.8, 4) is 28.7 Å². The van der Waals surface area contributed by atoms with Crippen molar-refractivity contribution < 1.29 is 18.6 Å². The third-order valence-corrected chi connectivity index (χ3v) is 4.48. The van der Waals surface area contributed by atoms with Crippen molar-refractivity contribution in [2.24, 2.45) is 0 Å². The molecule has 1 aromatic heterocycles. The van der Waals surface area contributed by atoms with Crippen LogP contribution >= 0.6 is 12.2 Å².